The van der Waals surface area contributed by atoms with E-state index in [0.717, 1.165) is 19.4 Å². The number of quaternary nitrogens is 1. The molecule has 3 unspecified atom stereocenters. The number of carboxylic acids is 1. The largest absolute Gasteiger partial charge is 0.516 e. The smallest absolute Gasteiger partial charge is 0.481 e. The number of amides is 1. The second kappa shape index (κ2) is 6.77. The minimum absolute atomic E-state index is 0.0659. The zero-order valence-electron chi connectivity index (χ0n) is 14.6. The predicted molar refractivity (Wildman–Crippen MR) is 86.8 cm³/mol. The Kier molecular flexibility index (Phi) is 5.36. The molecule has 0 aromatic rings. The molecular formula is C17H31N2O4+. The molecular weight excluding hydrogens is 296 g/mol. The van der Waals surface area contributed by atoms with Gasteiger partial charge >= 0.3 is 12.1 Å². The zero-order valence-corrected chi connectivity index (χ0v) is 14.6. The third-order valence-corrected chi connectivity index (χ3v) is 4.90. The first kappa shape index (κ1) is 18.2. The number of nitrogens with two attached hydrogens (primary N) is 1. The molecule has 1 aliphatic carbocycles. The average molecular weight is 327 g/mol. The fourth-order valence-corrected chi connectivity index (χ4v) is 3.89. The van der Waals surface area contributed by atoms with Gasteiger partial charge in [0, 0.05) is 11.8 Å². The number of carbonyl (C=O) groups excluding carboxylic acids is 1. The fourth-order valence-electron chi connectivity index (χ4n) is 3.89. The number of nitrogens with zero attached hydrogens (tertiary/aromatic N) is 1. The number of carbonyl (C=O) groups is 2. The van der Waals surface area contributed by atoms with E-state index in [0.29, 0.717) is 25.4 Å². The minimum atomic E-state index is -0.824. The molecule has 1 saturated heterocycles. The van der Waals surface area contributed by atoms with Crippen LogP contribution in [-0.2, 0) is 9.53 Å². The second-order valence-corrected chi connectivity index (χ2v) is 8.43. The molecule has 1 amide bonds. The van der Waals surface area contributed by atoms with Gasteiger partial charge in [-0.2, -0.15) is 4.79 Å². The van der Waals surface area contributed by atoms with Gasteiger partial charge in [-0.3, -0.25) is 4.79 Å². The Hall–Kier alpha value is -1.14. The monoisotopic (exact) mass is 327 g/mol. The maximum atomic E-state index is 12.9. The Labute approximate surface area is 138 Å². The summed E-state index contributed by atoms with van der Waals surface area (Å²) in [6.07, 6.45) is 3.99. The van der Waals surface area contributed by atoms with Crippen LogP contribution in [0.25, 0.3) is 0 Å². The Morgan fingerprint density at radius 1 is 1.22 bits per heavy atom. The topological polar surface area (TPSA) is 89.6 Å². The SMILES string of the molecule is CC(C)(C)OC(=O)[N+]1(CC2CCC2)CC(N)CC(CC(=O)O)C1. The third-order valence-electron chi connectivity index (χ3n) is 4.90. The molecule has 132 valence electrons. The average Bonchev–Trinajstić information content (AvgIpc) is 2.30. The molecule has 0 radical (unpaired) electrons. The van der Waals surface area contributed by atoms with Crippen molar-refractivity contribution in [2.45, 2.75) is 64.5 Å². The summed E-state index contributed by atoms with van der Waals surface area (Å²) < 4.78 is 5.88. The van der Waals surface area contributed by atoms with Crippen LogP contribution in [0.15, 0.2) is 0 Å². The predicted octanol–water partition coefficient (Wildman–Crippen LogP) is 2.36. The Balaban J connectivity index is 2.20. The summed E-state index contributed by atoms with van der Waals surface area (Å²) in [5, 5.41) is 9.12. The van der Waals surface area contributed by atoms with E-state index in [2.05, 4.69) is 0 Å². The summed E-state index contributed by atoms with van der Waals surface area (Å²) in [7, 11) is 0. The van der Waals surface area contributed by atoms with Crippen molar-refractivity contribution < 1.29 is 23.9 Å². The summed E-state index contributed by atoms with van der Waals surface area (Å²) in [6, 6.07) is -0.152. The number of aliphatic carboxylic acids is 1. The maximum Gasteiger partial charge on any atom is 0.516 e. The summed E-state index contributed by atoms with van der Waals surface area (Å²) in [4.78, 5) is 24.0. The molecule has 6 heteroatoms. The van der Waals surface area contributed by atoms with E-state index in [4.69, 9.17) is 15.6 Å². The maximum absolute atomic E-state index is 12.9. The highest BCUT2D eigenvalue weighted by atomic mass is 16.6. The van der Waals surface area contributed by atoms with Gasteiger partial charge in [-0.15, -0.1) is 0 Å². The summed E-state index contributed by atoms with van der Waals surface area (Å²) in [5.74, 6) is -0.364. The van der Waals surface area contributed by atoms with Crippen molar-refractivity contribution in [3.05, 3.63) is 0 Å². The zero-order chi connectivity index (χ0) is 17.3. The summed E-state index contributed by atoms with van der Waals surface area (Å²) in [5.41, 5.74) is 5.65. The Morgan fingerprint density at radius 3 is 2.35 bits per heavy atom. The highest BCUT2D eigenvalue weighted by molar-refractivity contribution is 5.67. The second-order valence-electron chi connectivity index (χ2n) is 8.43. The third kappa shape index (κ3) is 4.91. The number of carboxylic acid groups (broad SMARTS) is 1. The van der Waals surface area contributed by atoms with E-state index in [9.17, 15) is 9.59 Å². The first-order valence-electron chi connectivity index (χ1n) is 8.67. The first-order valence-corrected chi connectivity index (χ1v) is 8.67. The number of piperidine rings is 1. The highest BCUT2D eigenvalue weighted by Crippen LogP contribution is 2.35. The van der Waals surface area contributed by atoms with E-state index in [1.54, 1.807) is 0 Å². The van der Waals surface area contributed by atoms with Crippen molar-refractivity contribution in [3.8, 4) is 0 Å². The molecule has 1 heterocycles. The molecule has 23 heavy (non-hydrogen) atoms. The molecule has 3 atom stereocenters. The number of hydrogen-bond donors (Lipinski definition) is 2. The van der Waals surface area contributed by atoms with Gasteiger partial charge in [0.25, 0.3) is 0 Å². The fraction of sp³-hybridized carbons (Fsp3) is 0.882. The van der Waals surface area contributed by atoms with Crippen LogP contribution < -0.4 is 5.73 Å². The quantitative estimate of drug-likeness (QED) is 0.774. The van der Waals surface area contributed by atoms with Gasteiger partial charge in [-0.25, -0.2) is 4.48 Å². The highest BCUT2D eigenvalue weighted by Gasteiger charge is 2.49. The van der Waals surface area contributed by atoms with Gasteiger partial charge in [0.1, 0.15) is 12.1 Å². The van der Waals surface area contributed by atoms with Crippen molar-refractivity contribution >= 4 is 12.1 Å². The molecule has 6 nitrogen and oxygen atoms in total. The molecule has 0 spiro atoms. The van der Waals surface area contributed by atoms with Gasteiger partial charge in [-0.05, 0) is 40.0 Å². The van der Waals surface area contributed by atoms with Gasteiger partial charge in [0.2, 0.25) is 0 Å². The van der Waals surface area contributed by atoms with Crippen LogP contribution in [0.2, 0.25) is 0 Å². The standard InChI is InChI=1S/C17H30N2O4/c1-17(2,3)23-16(22)19(9-12-5-4-6-12)10-13(8-15(20)21)7-14(18)11-19/h12-14H,4-11,18H2,1-3H3/p+1. The molecule has 1 aliphatic heterocycles. The van der Waals surface area contributed by atoms with E-state index >= 15 is 0 Å². The van der Waals surface area contributed by atoms with Crippen molar-refractivity contribution in [3.63, 3.8) is 0 Å². The number of rotatable bonds is 4. The number of ether oxygens (including phenoxy) is 1. The van der Waals surface area contributed by atoms with E-state index in [-0.39, 0.29) is 29.0 Å². The van der Waals surface area contributed by atoms with Crippen LogP contribution in [-0.4, -0.2) is 52.9 Å². The molecule has 1 saturated carbocycles. The first-order chi connectivity index (χ1) is 10.6. The van der Waals surface area contributed by atoms with Crippen molar-refractivity contribution in [2.75, 3.05) is 19.6 Å². The molecule has 0 aromatic carbocycles. The van der Waals surface area contributed by atoms with E-state index in [1.807, 2.05) is 20.8 Å². The van der Waals surface area contributed by atoms with Crippen molar-refractivity contribution in [2.24, 2.45) is 17.6 Å². The van der Waals surface area contributed by atoms with Gasteiger partial charge in [0.05, 0.1) is 25.6 Å². The van der Waals surface area contributed by atoms with Crippen molar-refractivity contribution in [1.82, 2.24) is 0 Å². The van der Waals surface area contributed by atoms with Crippen LogP contribution in [0.3, 0.4) is 0 Å². The lowest BCUT2D eigenvalue weighted by molar-refractivity contribution is -0.872. The molecule has 2 rings (SSSR count). The van der Waals surface area contributed by atoms with E-state index in [1.165, 1.54) is 6.42 Å². The molecule has 2 fully saturated rings. The summed E-state index contributed by atoms with van der Waals surface area (Å²) in [6.45, 7) is 7.42. The number of hydrogen-bond acceptors (Lipinski definition) is 4. The van der Waals surface area contributed by atoms with Gasteiger partial charge in [0.15, 0.2) is 0 Å². The van der Waals surface area contributed by atoms with Crippen LogP contribution in [0.4, 0.5) is 4.79 Å². The lowest BCUT2D eigenvalue weighted by Gasteiger charge is -2.46. The molecule has 2 aliphatic rings. The van der Waals surface area contributed by atoms with Gasteiger partial charge in [-0.1, -0.05) is 6.42 Å². The minimum Gasteiger partial charge on any atom is -0.481 e. The Morgan fingerprint density at radius 2 is 1.87 bits per heavy atom. The van der Waals surface area contributed by atoms with Crippen molar-refractivity contribution in [1.29, 1.82) is 0 Å². The Bertz CT molecular complexity index is 456. The lowest BCUT2D eigenvalue weighted by Crippen LogP contribution is -2.66. The molecule has 0 aromatic heterocycles. The van der Waals surface area contributed by atoms with Crippen LogP contribution in [0, 0.1) is 11.8 Å². The summed E-state index contributed by atoms with van der Waals surface area (Å²) >= 11 is 0. The van der Waals surface area contributed by atoms with Crippen LogP contribution >= 0.6 is 0 Å². The van der Waals surface area contributed by atoms with E-state index < -0.39 is 11.6 Å². The van der Waals surface area contributed by atoms with Gasteiger partial charge < -0.3 is 15.6 Å². The normalized spacial score (nSPS) is 32.2. The van der Waals surface area contributed by atoms with Crippen LogP contribution in [0.5, 0.6) is 0 Å². The molecule has 3 N–H and O–H groups in total. The lowest BCUT2D eigenvalue weighted by atomic mass is 9.82. The van der Waals surface area contributed by atoms with Crippen LogP contribution in [0.1, 0.15) is 52.9 Å². The number of likely N-dealkylation sites (tertiary alicyclic amines) is 1. The molecule has 0 bridgehead atoms.